The van der Waals surface area contributed by atoms with Crippen molar-refractivity contribution in [2.45, 2.75) is 35.8 Å². The van der Waals surface area contributed by atoms with Crippen LogP contribution in [0.15, 0.2) is 41.6 Å². The van der Waals surface area contributed by atoms with Gasteiger partial charge in [-0.05, 0) is 31.0 Å². The molecule has 0 radical (unpaired) electrons. The summed E-state index contributed by atoms with van der Waals surface area (Å²) < 4.78 is 26.0. The van der Waals surface area contributed by atoms with Gasteiger partial charge in [-0.1, -0.05) is 18.9 Å². The van der Waals surface area contributed by atoms with Crippen molar-refractivity contribution >= 4 is 9.84 Å². The minimum absolute atomic E-state index is 0.0306. The number of nitrogens with zero attached hydrogens (tertiary/aromatic N) is 3. The van der Waals surface area contributed by atoms with Crippen LogP contribution in [0, 0.1) is 11.3 Å². The topological polar surface area (TPSA) is 83.7 Å². The summed E-state index contributed by atoms with van der Waals surface area (Å²) in [6, 6.07) is 8.83. The molecule has 0 aromatic carbocycles. The quantitative estimate of drug-likeness (QED) is 0.870. The van der Waals surface area contributed by atoms with Gasteiger partial charge in [0.15, 0.2) is 15.5 Å². The molecule has 2 heterocycles. The van der Waals surface area contributed by atoms with Crippen molar-refractivity contribution in [1.29, 1.82) is 5.26 Å². The van der Waals surface area contributed by atoms with Crippen LogP contribution in [0.2, 0.25) is 0 Å². The summed E-state index contributed by atoms with van der Waals surface area (Å²) in [5.74, 6) is 0. The highest BCUT2D eigenvalue weighted by Crippen LogP contribution is 2.35. The highest BCUT2D eigenvalue weighted by Gasteiger charge is 2.35. The number of nitriles is 1. The maximum absolute atomic E-state index is 13.0. The van der Waals surface area contributed by atoms with E-state index in [1.165, 1.54) is 6.20 Å². The van der Waals surface area contributed by atoms with Crippen LogP contribution in [0.1, 0.15) is 31.4 Å². The Morgan fingerprint density at radius 3 is 2.50 bits per heavy atom. The number of hydrogen-bond acceptors (Lipinski definition) is 5. The molecule has 1 saturated carbocycles. The highest BCUT2D eigenvalue weighted by atomic mass is 32.2. The van der Waals surface area contributed by atoms with Crippen molar-refractivity contribution in [3.63, 3.8) is 0 Å². The first kappa shape index (κ1) is 14.7. The molecule has 6 heteroatoms. The standard InChI is InChI=1S/C16H15N3O2S/c17-11-15-16(22(20,21)12-5-1-2-6-12)13(8-10-19-15)14-7-3-4-9-18-14/h3-4,7-10,12H,1-2,5-6H2. The molecule has 0 saturated heterocycles. The Labute approximate surface area is 129 Å². The Morgan fingerprint density at radius 2 is 1.86 bits per heavy atom. The predicted octanol–water partition coefficient (Wildman–Crippen LogP) is 2.73. The molecular formula is C16H15N3O2S. The van der Waals surface area contributed by atoms with Gasteiger partial charge in [0.25, 0.3) is 0 Å². The molecule has 1 fully saturated rings. The van der Waals surface area contributed by atoms with Gasteiger partial charge >= 0.3 is 0 Å². The average Bonchev–Trinajstić information content (AvgIpc) is 3.10. The molecule has 0 atom stereocenters. The lowest BCUT2D eigenvalue weighted by Crippen LogP contribution is -2.20. The van der Waals surface area contributed by atoms with E-state index < -0.39 is 15.1 Å². The third-order valence-electron chi connectivity index (χ3n) is 3.98. The second-order valence-electron chi connectivity index (χ2n) is 5.31. The second-order valence-corrected chi connectivity index (χ2v) is 7.48. The van der Waals surface area contributed by atoms with Crippen LogP contribution in [0.4, 0.5) is 0 Å². The third kappa shape index (κ3) is 2.48. The molecule has 0 aliphatic heterocycles. The van der Waals surface area contributed by atoms with E-state index in [2.05, 4.69) is 9.97 Å². The summed E-state index contributed by atoms with van der Waals surface area (Å²) >= 11 is 0. The molecule has 1 aliphatic carbocycles. The fourth-order valence-corrected chi connectivity index (χ4v) is 5.04. The molecule has 0 amide bonds. The van der Waals surface area contributed by atoms with Gasteiger partial charge in [0.05, 0.1) is 10.9 Å². The van der Waals surface area contributed by atoms with Crippen LogP contribution in [0.25, 0.3) is 11.3 Å². The molecule has 22 heavy (non-hydrogen) atoms. The fourth-order valence-electron chi connectivity index (χ4n) is 2.90. The minimum atomic E-state index is -3.59. The molecule has 0 unspecified atom stereocenters. The summed E-state index contributed by atoms with van der Waals surface area (Å²) in [6.45, 7) is 0. The first-order valence-electron chi connectivity index (χ1n) is 7.19. The van der Waals surface area contributed by atoms with Crippen LogP contribution >= 0.6 is 0 Å². The smallest absolute Gasteiger partial charge is 0.184 e. The number of pyridine rings is 2. The van der Waals surface area contributed by atoms with Crippen molar-refractivity contribution in [2.75, 3.05) is 0 Å². The van der Waals surface area contributed by atoms with Gasteiger partial charge in [-0.2, -0.15) is 5.26 Å². The Kier molecular flexibility index (Phi) is 3.90. The summed E-state index contributed by atoms with van der Waals surface area (Å²) in [5.41, 5.74) is 0.951. The van der Waals surface area contributed by atoms with Gasteiger partial charge in [0.1, 0.15) is 11.0 Å². The van der Waals surface area contributed by atoms with Crippen molar-refractivity contribution in [2.24, 2.45) is 0 Å². The van der Waals surface area contributed by atoms with E-state index in [4.69, 9.17) is 0 Å². The monoisotopic (exact) mass is 313 g/mol. The summed E-state index contributed by atoms with van der Waals surface area (Å²) in [6.07, 6.45) is 6.16. The third-order valence-corrected chi connectivity index (χ3v) is 6.31. The number of aromatic nitrogens is 2. The Balaban J connectivity index is 2.24. The lowest BCUT2D eigenvalue weighted by molar-refractivity contribution is 0.579. The molecule has 2 aromatic heterocycles. The lowest BCUT2D eigenvalue weighted by Gasteiger charge is -2.15. The van der Waals surface area contributed by atoms with Gasteiger partial charge in [-0.25, -0.2) is 13.4 Å². The Morgan fingerprint density at radius 1 is 1.09 bits per heavy atom. The highest BCUT2D eigenvalue weighted by molar-refractivity contribution is 7.92. The molecule has 5 nitrogen and oxygen atoms in total. The van der Waals surface area contributed by atoms with E-state index in [-0.39, 0.29) is 10.6 Å². The summed E-state index contributed by atoms with van der Waals surface area (Å²) in [5, 5.41) is 8.87. The molecule has 0 spiro atoms. The maximum Gasteiger partial charge on any atom is 0.184 e. The number of hydrogen-bond donors (Lipinski definition) is 0. The SMILES string of the molecule is N#Cc1nccc(-c2ccccn2)c1S(=O)(=O)C1CCCC1. The molecular weight excluding hydrogens is 298 g/mol. The van der Waals surface area contributed by atoms with Crippen molar-refractivity contribution < 1.29 is 8.42 Å². The number of rotatable bonds is 3. The maximum atomic E-state index is 13.0. The van der Waals surface area contributed by atoms with Crippen molar-refractivity contribution in [1.82, 2.24) is 9.97 Å². The van der Waals surface area contributed by atoms with Crippen LogP contribution in [0.5, 0.6) is 0 Å². The van der Waals surface area contributed by atoms with Crippen molar-refractivity contribution in [3.8, 4) is 17.3 Å². The molecule has 1 aliphatic rings. The first-order chi connectivity index (χ1) is 10.6. The normalized spacial score (nSPS) is 15.6. The second kappa shape index (κ2) is 5.85. The van der Waals surface area contributed by atoms with E-state index in [0.717, 1.165) is 12.8 Å². The average molecular weight is 313 g/mol. The minimum Gasteiger partial charge on any atom is -0.256 e. The molecule has 2 aromatic rings. The van der Waals surface area contributed by atoms with Crippen LogP contribution in [-0.2, 0) is 9.84 Å². The van der Waals surface area contributed by atoms with Gasteiger partial charge < -0.3 is 0 Å². The van der Waals surface area contributed by atoms with E-state index in [0.29, 0.717) is 24.1 Å². The predicted molar refractivity (Wildman–Crippen MR) is 81.6 cm³/mol. The molecule has 0 N–H and O–H groups in total. The van der Waals surface area contributed by atoms with E-state index >= 15 is 0 Å². The molecule has 112 valence electrons. The van der Waals surface area contributed by atoms with Gasteiger partial charge in [-0.15, -0.1) is 0 Å². The molecule has 0 bridgehead atoms. The van der Waals surface area contributed by atoms with Crippen LogP contribution in [-0.4, -0.2) is 23.6 Å². The van der Waals surface area contributed by atoms with E-state index in [1.54, 1.807) is 30.5 Å². The fraction of sp³-hybridized carbons (Fsp3) is 0.312. The van der Waals surface area contributed by atoms with Gasteiger partial charge in [0, 0.05) is 18.0 Å². The summed E-state index contributed by atoms with van der Waals surface area (Å²) in [7, 11) is -3.59. The van der Waals surface area contributed by atoms with Crippen LogP contribution in [0.3, 0.4) is 0 Å². The summed E-state index contributed by atoms with van der Waals surface area (Å²) in [4.78, 5) is 8.21. The van der Waals surface area contributed by atoms with Crippen LogP contribution < -0.4 is 0 Å². The first-order valence-corrected chi connectivity index (χ1v) is 8.73. The molecule has 3 rings (SSSR count). The lowest BCUT2D eigenvalue weighted by atomic mass is 10.1. The largest absolute Gasteiger partial charge is 0.256 e. The Hall–Kier alpha value is -2.26. The zero-order chi connectivity index (χ0) is 15.6. The zero-order valence-corrected chi connectivity index (χ0v) is 12.8. The van der Waals surface area contributed by atoms with E-state index in [9.17, 15) is 13.7 Å². The Bertz CT molecular complexity index is 820. The van der Waals surface area contributed by atoms with Gasteiger partial charge in [-0.3, -0.25) is 4.98 Å². The van der Waals surface area contributed by atoms with E-state index in [1.807, 2.05) is 6.07 Å². The zero-order valence-electron chi connectivity index (χ0n) is 11.9. The van der Waals surface area contributed by atoms with Gasteiger partial charge in [0.2, 0.25) is 0 Å². The number of sulfone groups is 1. The van der Waals surface area contributed by atoms with Crippen molar-refractivity contribution in [3.05, 3.63) is 42.4 Å².